The summed E-state index contributed by atoms with van der Waals surface area (Å²) in [6.07, 6.45) is 2.51. The molecule has 1 aromatic carbocycles. The van der Waals surface area contributed by atoms with E-state index in [0.717, 1.165) is 22.3 Å². The van der Waals surface area contributed by atoms with Gasteiger partial charge in [-0.1, -0.05) is 15.9 Å². The van der Waals surface area contributed by atoms with E-state index in [1.54, 1.807) is 0 Å². The van der Waals surface area contributed by atoms with Crippen LogP contribution in [-0.2, 0) is 0 Å². The van der Waals surface area contributed by atoms with E-state index in [-0.39, 0.29) is 0 Å². The number of hydrogen-bond donors (Lipinski definition) is 0. The molecule has 0 atom stereocenters. The number of halogens is 1. The molecule has 2 rings (SSSR count). The van der Waals surface area contributed by atoms with Gasteiger partial charge in [-0.15, -0.1) is 0 Å². The van der Waals surface area contributed by atoms with Crippen molar-refractivity contribution in [3.63, 3.8) is 0 Å². The highest BCUT2D eigenvalue weighted by Crippen LogP contribution is 2.34. The molecule has 0 unspecified atom stereocenters. The lowest BCUT2D eigenvalue weighted by molar-refractivity contribution is 0.824. The molecule has 1 aliphatic rings. The van der Waals surface area contributed by atoms with Gasteiger partial charge in [-0.05, 0) is 38.0 Å². The molecule has 78 valence electrons. The summed E-state index contributed by atoms with van der Waals surface area (Å²) >= 11 is 3.46. The van der Waals surface area contributed by atoms with E-state index in [1.165, 1.54) is 12.8 Å². The van der Waals surface area contributed by atoms with Gasteiger partial charge < -0.3 is 4.90 Å². The van der Waals surface area contributed by atoms with Crippen LogP contribution in [0.2, 0.25) is 0 Å². The summed E-state index contributed by atoms with van der Waals surface area (Å²) in [6, 6.07) is 8.75. The lowest BCUT2D eigenvalue weighted by atomic mass is 10.1. The van der Waals surface area contributed by atoms with Crippen molar-refractivity contribution in [2.75, 3.05) is 11.4 Å². The summed E-state index contributed by atoms with van der Waals surface area (Å²) in [5, 5.41) is 9.06. The largest absolute Gasteiger partial charge is 0.368 e. The molecule has 0 radical (unpaired) electrons. The minimum Gasteiger partial charge on any atom is -0.368 e. The maximum absolute atomic E-state index is 9.06. The molecule has 0 spiro atoms. The second-order valence-electron chi connectivity index (χ2n) is 3.79. The van der Waals surface area contributed by atoms with Crippen molar-refractivity contribution in [3.05, 3.63) is 28.2 Å². The minimum absolute atomic E-state index is 0.649. The molecule has 0 heterocycles. The van der Waals surface area contributed by atoms with Crippen LogP contribution < -0.4 is 4.90 Å². The maximum Gasteiger partial charge on any atom is 0.101 e. The van der Waals surface area contributed by atoms with E-state index in [9.17, 15) is 0 Å². The van der Waals surface area contributed by atoms with E-state index in [1.807, 2.05) is 18.2 Å². The lowest BCUT2D eigenvalue weighted by Crippen LogP contribution is -2.25. The minimum atomic E-state index is 0.649. The quantitative estimate of drug-likeness (QED) is 0.838. The molecule has 3 heteroatoms. The normalized spacial score (nSPS) is 14.7. The zero-order valence-electron chi connectivity index (χ0n) is 8.70. The predicted molar refractivity (Wildman–Crippen MR) is 64.9 cm³/mol. The van der Waals surface area contributed by atoms with Gasteiger partial charge in [0.2, 0.25) is 0 Å². The fourth-order valence-corrected chi connectivity index (χ4v) is 2.20. The number of nitriles is 1. The average Bonchev–Trinajstić information content (AvgIpc) is 3.04. The van der Waals surface area contributed by atoms with Gasteiger partial charge in [0, 0.05) is 17.1 Å². The lowest BCUT2D eigenvalue weighted by Gasteiger charge is -2.24. The first-order chi connectivity index (χ1) is 7.26. The Bertz CT molecular complexity index is 405. The third-order valence-corrected chi connectivity index (χ3v) is 3.21. The van der Waals surface area contributed by atoms with Crippen LogP contribution >= 0.6 is 15.9 Å². The topological polar surface area (TPSA) is 27.0 Å². The van der Waals surface area contributed by atoms with Gasteiger partial charge in [-0.2, -0.15) is 5.26 Å². The van der Waals surface area contributed by atoms with Crippen molar-refractivity contribution in [2.24, 2.45) is 0 Å². The summed E-state index contributed by atoms with van der Waals surface area (Å²) in [7, 11) is 0. The number of benzene rings is 1. The summed E-state index contributed by atoms with van der Waals surface area (Å²) in [5.74, 6) is 0. The van der Waals surface area contributed by atoms with Gasteiger partial charge >= 0.3 is 0 Å². The molecular weight excluding hydrogens is 252 g/mol. The van der Waals surface area contributed by atoms with Crippen LogP contribution in [0.25, 0.3) is 0 Å². The third-order valence-electron chi connectivity index (χ3n) is 2.72. The van der Waals surface area contributed by atoms with Crippen LogP contribution in [0.1, 0.15) is 25.3 Å². The molecule has 0 saturated heterocycles. The molecule has 0 aliphatic heterocycles. The summed E-state index contributed by atoms with van der Waals surface area (Å²) in [6.45, 7) is 3.11. The Morgan fingerprint density at radius 3 is 2.80 bits per heavy atom. The molecule has 1 aliphatic carbocycles. The van der Waals surface area contributed by atoms with Crippen molar-refractivity contribution < 1.29 is 0 Å². The molecule has 2 nitrogen and oxygen atoms in total. The van der Waals surface area contributed by atoms with E-state index in [0.29, 0.717) is 6.04 Å². The standard InChI is InChI=1S/C12H13BrN2/c1-2-15(11-5-6-11)12-7-10(13)4-3-9(12)8-14/h3-4,7,11H,2,5-6H2,1H3. The highest BCUT2D eigenvalue weighted by atomic mass is 79.9. The van der Waals surface area contributed by atoms with Gasteiger partial charge in [-0.25, -0.2) is 0 Å². The molecule has 0 aromatic heterocycles. The second-order valence-corrected chi connectivity index (χ2v) is 4.71. The van der Waals surface area contributed by atoms with Gasteiger partial charge in [0.1, 0.15) is 6.07 Å². The van der Waals surface area contributed by atoms with Crippen LogP contribution in [0.5, 0.6) is 0 Å². The molecule has 0 amide bonds. The first kappa shape index (κ1) is 10.5. The Morgan fingerprint density at radius 1 is 1.53 bits per heavy atom. The molecular formula is C12H13BrN2. The fourth-order valence-electron chi connectivity index (χ4n) is 1.85. The number of nitrogens with zero attached hydrogens (tertiary/aromatic N) is 2. The Labute approximate surface area is 98.6 Å². The number of hydrogen-bond acceptors (Lipinski definition) is 2. The van der Waals surface area contributed by atoms with Crippen molar-refractivity contribution in [1.29, 1.82) is 5.26 Å². The fraction of sp³-hybridized carbons (Fsp3) is 0.417. The van der Waals surface area contributed by atoms with Crippen LogP contribution in [-0.4, -0.2) is 12.6 Å². The van der Waals surface area contributed by atoms with Gasteiger partial charge in [-0.3, -0.25) is 0 Å². The van der Waals surface area contributed by atoms with Gasteiger partial charge in [0.05, 0.1) is 11.3 Å². The smallest absolute Gasteiger partial charge is 0.101 e. The van der Waals surface area contributed by atoms with Crippen molar-refractivity contribution in [2.45, 2.75) is 25.8 Å². The summed E-state index contributed by atoms with van der Waals surface area (Å²) in [5.41, 5.74) is 1.84. The SMILES string of the molecule is CCN(c1cc(Br)ccc1C#N)C1CC1. The van der Waals surface area contributed by atoms with E-state index < -0.39 is 0 Å². The second kappa shape index (κ2) is 4.24. The van der Waals surface area contributed by atoms with Crippen LogP contribution in [0, 0.1) is 11.3 Å². The van der Waals surface area contributed by atoms with E-state index >= 15 is 0 Å². The number of anilines is 1. The van der Waals surface area contributed by atoms with Crippen molar-refractivity contribution in [3.8, 4) is 6.07 Å². The third kappa shape index (κ3) is 2.15. The summed E-state index contributed by atoms with van der Waals surface area (Å²) < 4.78 is 1.04. The molecule has 1 fully saturated rings. The Kier molecular flexibility index (Phi) is 2.97. The first-order valence-corrected chi connectivity index (χ1v) is 6.02. The molecule has 0 N–H and O–H groups in total. The zero-order valence-corrected chi connectivity index (χ0v) is 10.3. The number of rotatable bonds is 3. The van der Waals surface area contributed by atoms with E-state index in [2.05, 4.69) is 33.8 Å². The van der Waals surface area contributed by atoms with Crippen LogP contribution in [0.15, 0.2) is 22.7 Å². The van der Waals surface area contributed by atoms with Crippen LogP contribution in [0.4, 0.5) is 5.69 Å². The van der Waals surface area contributed by atoms with Crippen LogP contribution in [0.3, 0.4) is 0 Å². The van der Waals surface area contributed by atoms with Gasteiger partial charge in [0.15, 0.2) is 0 Å². The Balaban J connectivity index is 2.39. The molecule has 0 bridgehead atoms. The highest BCUT2D eigenvalue weighted by molar-refractivity contribution is 9.10. The summed E-state index contributed by atoms with van der Waals surface area (Å²) in [4.78, 5) is 2.32. The molecule has 1 saturated carbocycles. The maximum atomic E-state index is 9.06. The van der Waals surface area contributed by atoms with Crippen molar-refractivity contribution in [1.82, 2.24) is 0 Å². The van der Waals surface area contributed by atoms with Crippen molar-refractivity contribution >= 4 is 21.6 Å². The predicted octanol–water partition coefficient (Wildman–Crippen LogP) is 3.31. The molecule has 15 heavy (non-hydrogen) atoms. The monoisotopic (exact) mass is 264 g/mol. The van der Waals surface area contributed by atoms with E-state index in [4.69, 9.17) is 5.26 Å². The molecule has 1 aromatic rings. The zero-order chi connectivity index (χ0) is 10.8. The Hall–Kier alpha value is -1.01. The highest BCUT2D eigenvalue weighted by Gasteiger charge is 2.29. The average molecular weight is 265 g/mol. The van der Waals surface area contributed by atoms with Gasteiger partial charge in [0.25, 0.3) is 0 Å². The first-order valence-electron chi connectivity index (χ1n) is 5.22. The Morgan fingerprint density at radius 2 is 2.27 bits per heavy atom.